The van der Waals surface area contributed by atoms with Gasteiger partial charge in [-0.3, -0.25) is 9.78 Å². The second kappa shape index (κ2) is 5.18. The average molecular weight is 282 g/mol. The molecule has 2 aromatic rings. The molecule has 2 aromatic heterocycles. The zero-order valence-corrected chi connectivity index (χ0v) is 11.7. The molecular weight excluding hydrogens is 268 g/mol. The lowest BCUT2D eigenvalue weighted by atomic mass is 10.1. The third-order valence-electron chi connectivity index (χ3n) is 2.67. The molecule has 0 saturated heterocycles. The van der Waals surface area contributed by atoms with Crippen LogP contribution < -0.4 is 11.2 Å². The Labute approximate surface area is 112 Å². The van der Waals surface area contributed by atoms with Crippen LogP contribution in [-0.2, 0) is 17.6 Å². The molecule has 0 aromatic carbocycles. The zero-order chi connectivity index (χ0) is 14.2. The predicted molar refractivity (Wildman–Crippen MR) is 71.8 cm³/mol. The van der Waals surface area contributed by atoms with Crippen molar-refractivity contribution in [2.24, 2.45) is 0 Å². The Kier molecular flexibility index (Phi) is 3.77. The van der Waals surface area contributed by atoms with Crippen molar-refractivity contribution in [2.75, 3.05) is 0 Å². The third-order valence-corrected chi connectivity index (χ3v) is 4.11. The molecule has 2 heterocycles. The number of H-pyrrole nitrogens is 1. The van der Waals surface area contributed by atoms with Crippen LogP contribution in [0.4, 0.5) is 0 Å². The van der Waals surface area contributed by atoms with E-state index < -0.39 is 22.4 Å². The van der Waals surface area contributed by atoms with Crippen molar-refractivity contribution in [3.63, 3.8) is 0 Å². The van der Waals surface area contributed by atoms with Crippen molar-refractivity contribution >= 4 is 22.3 Å². The Balaban J connectivity index is 2.77. The maximum Gasteiger partial charge on any atom is 0.337 e. The molecule has 102 valence electrons. The molecular formula is C12H14N2O4S. The second-order valence-corrected chi connectivity index (χ2v) is 6.27. The first kappa shape index (κ1) is 13.8. The molecule has 0 bridgehead atoms. The highest BCUT2D eigenvalue weighted by Crippen LogP contribution is 2.15. The Hall–Kier alpha value is -1.60. The molecule has 0 aliphatic carbocycles. The molecule has 0 aliphatic heterocycles. The van der Waals surface area contributed by atoms with Crippen molar-refractivity contribution in [2.45, 2.75) is 37.6 Å². The Morgan fingerprint density at radius 1 is 1.47 bits per heavy atom. The van der Waals surface area contributed by atoms with Crippen molar-refractivity contribution < 1.29 is 8.97 Å². The zero-order valence-electron chi connectivity index (χ0n) is 10.9. The quantitative estimate of drug-likeness (QED) is 0.667. The van der Waals surface area contributed by atoms with Gasteiger partial charge in [0.15, 0.2) is 0 Å². The van der Waals surface area contributed by atoms with Gasteiger partial charge in [-0.15, -0.1) is 4.98 Å². The maximum absolute atomic E-state index is 12.0. The predicted octanol–water partition coefficient (Wildman–Crippen LogP) is 0.955. The van der Waals surface area contributed by atoms with E-state index in [1.54, 1.807) is 13.8 Å². The molecule has 0 spiro atoms. The standard InChI is InChI=1S/C12H14N2O4S/c1-4-7-5-8(15)18-11-9(7)10(16)13-12(14-11)19(17)6(2)3/h5-6H,4H2,1-3H3,(H,13,14,16). The van der Waals surface area contributed by atoms with Crippen molar-refractivity contribution in [1.29, 1.82) is 0 Å². The monoisotopic (exact) mass is 282 g/mol. The molecule has 0 fully saturated rings. The summed E-state index contributed by atoms with van der Waals surface area (Å²) in [5.41, 5.74) is -0.489. The lowest BCUT2D eigenvalue weighted by Gasteiger charge is -2.12. The summed E-state index contributed by atoms with van der Waals surface area (Å²) in [6, 6.07) is 1.28. The van der Waals surface area contributed by atoms with Crippen LogP contribution in [0, 0.1) is 0 Å². The fourth-order valence-corrected chi connectivity index (χ4v) is 2.54. The molecule has 7 heteroatoms. The van der Waals surface area contributed by atoms with Crippen LogP contribution in [-0.4, -0.2) is 19.8 Å². The molecule has 0 saturated carbocycles. The minimum Gasteiger partial charge on any atom is -0.609 e. The van der Waals surface area contributed by atoms with E-state index in [2.05, 4.69) is 9.97 Å². The van der Waals surface area contributed by atoms with E-state index in [-0.39, 0.29) is 21.5 Å². The summed E-state index contributed by atoms with van der Waals surface area (Å²) in [5, 5.41) is 0.0807. The number of rotatable bonds is 3. The molecule has 6 nitrogen and oxygen atoms in total. The minimum absolute atomic E-state index is 0.0314. The first-order valence-corrected chi connectivity index (χ1v) is 7.13. The number of aromatic nitrogens is 2. The molecule has 2 rings (SSSR count). The highest BCUT2D eigenvalue weighted by atomic mass is 32.2. The van der Waals surface area contributed by atoms with E-state index in [0.717, 1.165) is 0 Å². The number of hydrogen-bond acceptors (Lipinski definition) is 5. The molecule has 0 aliphatic rings. The molecule has 1 unspecified atom stereocenters. The number of hydrogen-bond donors (Lipinski definition) is 1. The summed E-state index contributed by atoms with van der Waals surface area (Å²) < 4.78 is 16.9. The van der Waals surface area contributed by atoms with Gasteiger partial charge in [-0.2, -0.15) is 0 Å². The van der Waals surface area contributed by atoms with Crippen LogP contribution >= 0.6 is 0 Å². The Bertz CT molecular complexity index is 720. The molecule has 19 heavy (non-hydrogen) atoms. The van der Waals surface area contributed by atoms with Gasteiger partial charge in [-0.05, 0) is 25.8 Å². The van der Waals surface area contributed by atoms with Gasteiger partial charge in [-0.25, -0.2) is 4.79 Å². The van der Waals surface area contributed by atoms with E-state index in [0.29, 0.717) is 12.0 Å². The van der Waals surface area contributed by atoms with Crippen LogP contribution in [0.25, 0.3) is 11.1 Å². The van der Waals surface area contributed by atoms with Gasteiger partial charge in [-0.1, -0.05) is 6.92 Å². The first-order valence-electron chi connectivity index (χ1n) is 5.91. The number of fused-ring (bicyclic) bond motifs is 1. The van der Waals surface area contributed by atoms with Gasteiger partial charge in [0.2, 0.25) is 5.71 Å². The summed E-state index contributed by atoms with van der Waals surface area (Å²) in [7, 11) is 0. The number of aromatic amines is 1. The maximum atomic E-state index is 12.0. The van der Waals surface area contributed by atoms with E-state index in [9.17, 15) is 14.1 Å². The van der Waals surface area contributed by atoms with Crippen LogP contribution in [0.2, 0.25) is 0 Å². The lowest BCUT2D eigenvalue weighted by molar-refractivity contribution is 0.535. The lowest BCUT2D eigenvalue weighted by Crippen LogP contribution is -2.23. The van der Waals surface area contributed by atoms with E-state index >= 15 is 0 Å². The van der Waals surface area contributed by atoms with Crippen molar-refractivity contribution in [3.8, 4) is 0 Å². The molecule has 0 radical (unpaired) electrons. The number of aryl methyl sites for hydroxylation is 1. The fraction of sp³-hybridized carbons (Fsp3) is 0.417. The third kappa shape index (κ3) is 2.57. The van der Waals surface area contributed by atoms with Crippen molar-refractivity contribution in [3.05, 3.63) is 32.4 Å². The molecule has 1 atom stereocenters. The highest BCUT2D eigenvalue weighted by molar-refractivity contribution is 7.91. The van der Waals surface area contributed by atoms with Gasteiger partial charge >= 0.3 is 10.8 Å². The average Bonchev–Trinajstić information content (AvgIpc) is 2.35. The normalized spacial score (nSPS) is 13.1. The van der Waals surface area contributed by atoms with Crippen LogP contribution in [0.15, 0.2) is 25.2 Å². The van der Waals surface area contributed by atoms with Crippen LogP contribution in [0.3, 0.4) is 0 Å². The van der Waals surface area contributed by atoms with Gasteiger partial charge in [0.05, 0.1) is 0 Å². The molecule has 0 amide bonds. The minimum atomic E-state index is -1.45. The van der Waals surface area contributed by atoms with Crippen LogP contribution in [0.1, 0.15) is 26.3 Å². The van der Waals surface area contributed by atoms with Crippen molar-refractivity contribution in [1.82, 2.24) is 9.97 Å². The van der Waals surface area contributed by atoms with Crippen LogP contribution in [0.5, 0.6) is 0 Å². The van der Waals surface area contributed by atoms with E-state index in [4.69, 9.17) is 4.42 Å². The largest absolute Gasteiger partial charge is 0.609 e. The van der Waals surface area contributed by atoms with Gasteiger partial charge in [0.25, 0.3) is 5.56 Å². The smallest absolute Gasteiger partial charge is 0.337 e. The highest BCUT2D eigenvalue weighted by Gasteiger charge is 2.21. The summed E-state index contributed by atoms with van der Waals surface area (Å²) in [6.45, 7) is 5.33. The van der Waals surface area contributed by atoms with Gasteiger partial charge in [0, 0.05) is 17.2 Å². The summed E-state index contributed by atoms with van der Waals surface area (Å²) in [6.07, 6.45) is 0.513. The SMILES string of the molecule is CCc1cc(=O)oc2nc([S+]([O-])C(C)C)[nH]c(=O)c12. The molecule has 1 N–H and O–H groups in total. The van der Waals surface area contributed by atoms with E-state index in [1.807, 2.05) is 6.92 Å². The Morgan fingerprint density at radius 2 is 2.16 bits per heavy atom. The summed E-state index contributed by atoms with van der Waals surface area (Å²) in [5.74, 6) is 0. The summed E-state index contributed by atoms with van der Waals surface area (Å²) >= 11 is -1.45. The summed E-state index contributed by atoms with van der Waals surface area (Å²) in [4.78, 5) is 29.9. The Morgan fingerprint density at radius 3 is 2.74 bits per heavy atom. The fourth-order valence-electron chi connectivity index (χ4n) is 1.73. The topological polar surface area (TPSA) is 99.0 Å². The number of nitrogens with zero attached hydrogens (tertiary/aromatic N) is 1. The van der Waals surface area contributed by atoms with Gasteiger partial charge < -0.3 is 8.97 Å². The second-order valence-electron chi connectivity index (χ2n) is 4.34. The van der Waals surface area contributed by atoms with Gasteiger partial charge in [0.1, 0.15) is 10.6 Å². The number of nitrogens with one attached hydrogen (secondary N) is 1. The van der Waals surface area contributed by atoms with E-state index in [1.165, 1.54) is 6.07 Å². The first-order chi connectivity index (χ1) is 8.93.